The highest BCUT2D eigenvalue weighted by Gasteiger charge is 2.31. The Morgan fingerprint density at radius 3 is 2.29 bits per heavy atom. The number of aromatic nitrogens is 2. The first-order valence-electron chi connectivity index (χ1n) is 20.2. The van der Waals surface area contributed by atoms with E-state index in [2.05, 4.69) is 39.6 Å². The number of benzene rings is 3. The van der Waals surface area contributed by atoms with E-state index in [0.717, 1.165) is 66.7 Å². The molecule has 56 heavy (non-hydrogen) atoms. The van der Waals surface area contributed by atoms with Crippen molar-refractivity contribution in [2.24, 2.45) is 17.8 Å². The van der Waals surface area contributed by atoms with Crippen LogP contribution in [0.5, 0.6) is 0 Å². The van der Waals surface area contributed by atoms with E-state index in [-0.39, 0.29) is 41.3 Å². The number of alkyl carbamates (subject to hydrolysis) is 1. The van der Waals surface area contributed by atoms with Gasteiger partial charge in [-0.15, -0.1) is 0 Å². The number of H-pyrrole nitrogens is 2. The van der Waals surface area contributed by atoms with Gasteiger partial charge in [0.15, 0.2) is 5.78 Å². The minimum atomic E-state index is -0.616. The van der Waals surface area contributed by atoms with Crippen LogP contribution in [0.2, 0.25) is 0 Å². The van der Waals surface area contributed by atoms with Crippen molar-refractivity contribution in [1.82, 2.24) is 20.4 Å². The number of Topliss-reactive ketones (excluding diaryl/α,β-unsaturated/α-hetero) is 2. The van der Waals surface area contributed by atoms with Crippen molar-refractivity contribution in [1.29, 1.82) is 0 Å². The van der Waals surface area contributed by atoms with Gasteiger partial charge < -0.3 is 20.3 Å². The lowest BCUT2D eigenvalue weighted by Crippen LogP contribution is -2.37. The van der Waals surface area contributed by atoms with Crippen molar-refractivity contribution in [2.75, 3.05) is 31.5 Å². The molecule has 1 aliphatic carbocycles. The second-order valence-electron chi connectivity index (χ2n) is 16.3. The number of anilines is 1. The largest absolute Gasteiger partial charge is 0.444 e. The summed E-state index contributed by atoms with van der Waals surface area (Å²) in [5.41, 5.74) is 5.04. The lowest BCUT2D eigenvalue weighted by Gasteiger charge is -2.29. The molecule has 300 valence electrons. The van der Waals surface area contributed by atoms with Gasteiger partial charge in [0, 0.05) is 42.5 Å². The molecule has 5 rings (SSSR count). The Hall–Kier alpha value is -5.03. The first-order valence-corrected chi connectivity index (χ1v) is 20.2. The van der Waals surface area contributed by atoms with E-state index in [0.29, 0.717) is 48.8 Å². The molecule has 0 aliphatic heterocycles. The molecule has 4 aromatic rings. The van der Waals surface area contributed by atoms with Gasteiger partial charge in [-0.25, -0.2) is 4.79 Å². The molecule has 0 unspecified atom stereocenters. The van der Waals surface area contributed by atoms with Crippen LogP contribution in [0.25, 0.3) is 22.0 Å². The number of ether oxygens (including phenoxy) is 1. The zero-order valence-electron chi connectivity index (χ0n) is 33.9. The molecule has 1 aliphatic rings. The number of fused-ring (bicyclic) bond motifs is 1. The molecule has 0 spiro atoms. The summed E-state index contributed by atoms with van der Waals surface area (Å²) < 4.78 is 5.36. The SMILES string of the molecule is CCN(CC)CCCC(=O)c1ccc(-c2ccc(C[C@H](CC(=O)C3CCC(CNC(=O)OC(C)(C)C)CC3)C(=O)Nc3ccc4c(=O)[nH][nH]c4c3)cc2)c(C)c1. The Balaban J connectivity index is 1.24. The van der Waals surface area contributed by atoms with E-state index < -0.39 is 17.6 Å². The number of ketones is 2. The summed E-state index contributed by atoms with van der Waals surface area (Å²) in [7, 11) is 0. The first kappa shape index (κ1) is 42.1. The zero-order valence-corrected chi connectivity index (χ0v) is 33.9. The first-order chi connectivity index (χ1) is 26.7. The van der Waals surface area contributed by atoms with Gasteiger partial charge in [0.05, 0.1) is 10.9 Å². The predicted octanol–water partition coefficient (Wildman–Crippen LogP) is 8.22. The second-order valence-corrected chi connectivity index (χ2v) is 16.3. The number of nitrogens with zero attached hydrogens (tertiary/aromatic N) is 1. The van der Waals surface area contributed by atoms with Crippen LogP contribution in [-0.2, 0) is 20.7 Å². The summed E-state index contributed by atoms with van der Waals surface area (Å²) in [6.07, 6.45) is 4.44. The molecule has 1 saturated carbocycles. The summed E-state index contributed by atoms with van der Waals surface area (Å²) >= 11 is 0. The molecule has 1 heterocycles. The Kier molecular flexibility index (Phi) is 14.5. The fourth-order valence-corrected chi connectivity index (χ4v) is 7.67. The lowest BCUT2D eigenvalue weighted by atomic mass is 9.77. The van der Waals surface area contributed by atoms with Gasteiger partial charge >= 0.3 is 6.09 Å². The normalized spacial score (nSPS) is 16.4. The Morgan fingerprint density at radius 1 is 0.911 bits per heavy atom. The van der Waals surface area contributed by atoms with E-state index in [1.165, 1.54) is 0 Å². The molecule has 1 aromatic heterocycles. The Labute approximate surface area is 330 Å². The van der Waals surface area contributed by atoms with Crippen LogP contribution in [0.15, 0.2) is 65.5 Å². The van der Waals surface area contributed by atoms with Gasteiger partial charge in [0.2, 0.25) is 5.91 Å². The molecule has 4 N–H and O–H groups in total. The van der Waals surface area contributed by atoms with Crippen LogP contribution in [0.3, 0.4) is 0 Å². The molecule has 11 nitrogen and oxygen atoms in total. The number of aryl methyl sites for hydroxylation is 1. The van der Waals surface area contributed by atoms with Crippen molar-refractivity contribution >= 4 is 40.2 Å². The Morgan fingerprint density at radius 2 is 1.62 bits per heavy atom. The van der Waals surface area contributed by atoms with Crippen LogP contribution < -0.4 is 16.2 Å². The third kappa shape index (κ3) is 11.7. The average Bonchev–Trinajstić information content (AvgIpc) is 3.54. The summed E-state index contributed by atoms with van der Waals surface area (Å²) in [6, 6.07) is 19.0. The Bertz CT molecular complexity index is 2030. The molecule has 0 bridgehead atoms. The van der Waals surface area contributed by atoms with Gasteiger partial charge in [-0.3, -0.25) is 29.4 Å². The number of rotatable bonds is 17. The number of aromatic amines is 2. The van der Waals surface area contributed by atoms with Crippen molar-refractivity contribution in [3.8, 4) is 11.1 Å². The lowest BCUT2D eigenvalue weighted by molar-refractivity contribution is -0.129. The van der Waals surface area contributed by atoms with Crippen molar-refractivity contribution in [3.05, 3.63) is 87.7 Å². The fraction of sp³-hybridized carbons (Fsp3) is 0.489. The smallest absolute Gasteiger partial charge is 0.407 e. The van der Waals surface area contributed by atoms with Gasteiger partial charge in [0.25, 0.3) is 5.56 Å². The molecule has 0 radical (unpaired) electrons. The summed E-state index contributed by atoms with van der Waals surface area (Å²) in [5, 5.41) is 11.7. The van der Waals surface area contributed by atoms with E-state index in [1.807, 2.05) is 70.2 Å². The highest BCUT2D eigenvalue weighted by atomic mass is 16.6. The fourth-order valence-electron chi connectivity index (χ4n) is 7.67. The highest BCUT2D eigenvalue weighted by molar-refractivity contribution is 5.98. The van der Waals surface area contributed by atoms with E-state index >= 15 is 0 Å². The van der Waals surface area contributed by atoms with Crippen molar-refractivity contribution in [2.45, 2.75) is 98.5 Å². The van der Waals surface area contributed by atoms with Crippen LogP contribution in [-0.4, -0.2) is 70.4 Å². The third-order valence-corrected chi connectivity index (χ3v) is 11.0. The van der Waals surface area contributed by atoms with Crippen molar-refractivity contribution in [3.63, 3.8) is 0 Å². The van der Waals surface area contributed by atoms with Crippen LogP contribution in [0, 0.1) is 24.7 Å². The predicted molar refractivity (Wildman–Crippen MR) is 222 cm³/mol. The zero-order chi connectivity index (χ0) is 40.4. The topological polar surface area (TPSA) is 153 Å². The number of carbonyl (C=O) groups excluding carboxylic acids is 4. The quantitative estimate of drug-likeness (QED) is 0.0791. The van der Waals surface area contributed by atoms with Gasteiger partial charge in [-0.2, -0.15) is 0 Å². The molecule has 3 aromatic carbocycles. The molecule has 1 atom stereocenters. The number of nitrogens with one attached hydrogen (secondary N) is 4. The number of hydrogen-bond acceptors (Lipinski definition) is 7. The van der Waals surface area contributed by atoms with E-state index in [9.17, 15) is 24.0 Å². The maximum atomic E-state index is 13.9. The minimum Gasteiger partial charge on any atom is -0.444 e. The summed E-state index contributed by atoms with van der Waals surface area (Å²) in [6.45, 7) is 15.2. The minimum absolute atomic E-state index is 0.0732. The van der Waals surface area contributed by atoms with E-state index in [4.69, 9.17) is 4.74 Å². The van der Waals surface area contributed by atoms with Gasteiger partial charge in [-0.05, 0) is 138 Å². The van der Waals surface area contributed by atoms with Crippen LogP contribution >= 0.6 is 0 Å². The average molecular weight is 766 g/mol. The summed E-state index contributed by atoms with van der Waals surface area (Å²) in [4.78, 5) is 67.1. The molecular formula is C45H59N5O6. The highest BCUT2D eigenvalue weighted by Crippen LogP contribution is 2.32. The standard InChI is InChI=1S/C45H59N5O6/c1-7-50(8-2)23-9-10-40(51)34-19-21-37(29(3)24-34)32-15-11-30(12-16-32)25-35(42(53)47-36-20-22-38-39(27-36)48-49-43(38)54)26-41(52)33-17-13-31(14-18-33)28-46-44(55)56-45(4,5)6/h11-12,15-16,19-22,24,27,31,33,35H,7-10,13-14,17-18,23,25-26,28H2,1-6H3,(H,46,55)(H,47,53)(H2,48,49,54)/t31?,33?,35-/m1/s1. The van der Waals surface area contributed by atoms with Gasteiger partial charge in [0.1, 0.15) is 11.4 Å². The monoisotopic (exact) mass is 765 g/mol. The maximum Gasteiger partial charge on any atom is 0.407 e. The van der Waals surface area contributed by atoms with Crippen LogP contribution in [0.4, 0.5) is 10.5 Å². The summed E-state index contributed by atoms with van der Waals surface area (Å²) in [5.74, 6) is -0.527. The molecule has 0 saturated heterocycles. The third-order valence-electron chi connectivity index (χ3n) is 11.0. The molecular weight excluding hydrogens is 707 g/mol. The van der Waals surface area contributed by atoms with Crippen LogP contribution in [0.1, 0.15) is 101 Å². The molecule has 1 fully saturated rings. The van der Waals surface area contributed by atoms with Gasteiger partial charge in [-0.1, -0.05) is 50.2 Å². The van der Waals surface area contributed by atoms with E-state index in [1.54, 1.807) is 18.2 Å². The molecule has 11 heteroatoms. The second kappa shape index (κ2) is 19.2. The number of hydrogen-bond donors (Lipinski definition) is 4. The number of amides is 2. The number of carbonyl (C=O) groups is 4. The maximum absolute atomic E-state index is 13.9. The molecule has 2 amide bonds. The van der Waals surface area contributed by atoms with Crippen molar-refractivity contribution < 1.29 is 23.9 Å².